The molecule has 0 spiro atoms. The van der Waals surface area contributed by atoms with E-state index in [2.05, 4.69) is 33.5 Å². The molecule has 20 heavy (non-hydrogen) atoms. The molecule has 3 rings (SSSR count). The predicted octanol–water partition coefficient (Wildman–Crippen LogP) is 4.07. The maximum atomic E-state index is 5.48. The molecule has 0 atom stereocenters. The lowest BCUT2D eigenvalue weighted by Crippen LogP contribution is -2.29. The lowest BCUT2D eigenvalue weighted by atomic mass is 9.85. The van der Waals surface area contributed by atoms with Crippen LogP contribution in [0.5, 0.6) is 0 Å². The van der Waals surface area contributed by atoms with Crippen molar-refractivity contribution < 1.29 is 0 Å². The van der Waals surface area contributed by atoms with Crippen LogP contribution in [-0.4, -0.2) is 27.9 Å². The maximum absolute atomic E-state index is 5.48. The molecule has 1 aromatic rings. The Balaban J connectivity index is 1.85. The predicted molar refractivity (Wildman–Crippen MR) is 84.8 cm³/mol. The van der Waals surface area contributed by atoms with Crippen LogP contribution in [0.3, 0.4) is 0 Å². The Morgan fingerprint density at radius 2 is 1.90 bits per heavy atom. The fraction of sp³-hybridized carbons (Fsp3) is 0.867. The van der Waals surface area contributed by atoms with Gasteiger partial charge in [-0.2, -0.15) is 0 Å². The van der Waals surface area contributed by atoms with E-state index in [4.69, 9.17) is 12.2 Å². The number of H-pyrrole nitrogens is 1. The van der Waals surface area contributed by atoms with Crippen molar-refractivity contribution in [3.05, 3.63) is 4.77 Å². The van der Waals surface area contributed by atoms with Crippen molar-refractivity contribution in [2.24, 2.45) is 5.41 Å². The molecule has 0 aromatic carbocycles. The monoisotopic (exact) mass is 294 g/mol. The second kappa shape index (κ2) is 5.51. The van der Waals surface area contributed by atoms with Crippen LogP contribution >= 0.6 is 12.2 Å². The number of nitrogens with zero attached hydrogens (tertiary/aromatic N) is 3. The lowest BCUT2D eigenvalue weighted by Gasteiger charge is -2.25. The van der Waals surface area contributed by atoms with Gasteiger partial charge in [-0.1, -0.05) is 26.7 Å². The quantitative estimate of drug-likeness (QED) is 0.835. The minimum Gasteiger partial charge on any atom is -0.341 e. The number of nitrogens with one attached hydrogen (secondary N) is 1. The Morgan fingerprint density at radius 3 is 2.65 bits per heavy atom. The highest BCUT2D eigenvalue weighted by atomic mass is 32.1. The van der Waals surface area contributed by atoms with Crippen LogP contribution in [0.2, 0.25) is 0 Å². The van der Waals surface area contributed by atoms with E-state index in [9.17, 15) is 0 Å². The van der Waals surface area contributed by atoms with Crippen molar-refractivity contribution in [1.82, 2.24) is 14.8 Å². The molecule has 1 aromatic heterocycles. The highest BCUT2D eigenvalue weighted by Crippen LogP contribution is 2.35. The summed E-state index contributed by atoms with van der Waals surface area (Å²) in [5, 5.41) is 7.57. The van der Waals surface area contributed by atoms with Gasteiger partial charge in [0.25, 0.3) is 0 Å². The number of hydrogen-bond acceptors (Lipinski definition) is 3. The molecule has 2 aliphatic rings. The summed E-state index contributed by atoms with van der Waals surface area (Å²) in [5.74, 6) is 1.08. The summed E-state index contributed by atoms with van der Waals surface area (Å²) in [4.78, 5) is 2.44. The van der Waals surface area contributed by atoms with E-state index in [0.717, 1.165) is 23.8 Å². The van der Waals surface area contributed by atoms with Crippen LogP contribution in [0.25, 0.3) is 0 Å². The van der Waals surface area contributed by atoms with Crippen molar-refractivity contribution in [3.63, 3.8) is 0 Å². The molecular weight excluding hydrogens is 268 g/mol. The van der Waals surface area contributed by atoms with Gasteiger partial charge < -0.3 is 4.90 Å². The number of rotatable bonds is 2. The van der Waals surface area contributed by atoms with E-state index in [1.54, 1.807) is 0 Å². The molecule has 1 saturated carbocycles. The van der Waals surface area contributed by atoms with Gasteiger partial charge in [0, 0.05) is 19.1 Å². The molecule has 1 aliphatic carbocycles. The summed E-state index contributed by atoms with van der Waals surface area (Å²) in [6.45, 7) is 6.96. The SMILES string of the molecule is CC1(C)CCCN(c2n[nH]c(=S)n2C2CCCC2)CC1. The van der Waals surface area contributed by atoms with Crippen LogP contribution in [0.1, 0.15) is 64.8 Å². The van der Waals surface area contributed by atoms with Gasteiger partial charge in [-0.25, -0.2) is 5.10 Å². The van der Waals surface area contributed by atoms with Gasteiger partial charge in [0.15, 0.2) is 4.77 Å². The van der Waals surface area contributed by atoms with E-state index in [-0.39, 0.29) is 0 Å². The molecule has 0 amide bonds. The van der Waals surface area contributed by atoms with Gasteiger partial charge >= 0.3 is 0 Å². The molecule has 1 saturated heterocycles. The Labute approximate surface area is 126 Å². The number of anilines is 1. The van der Waals surface area contributed by atoms with Gasteiger partial charge in [0.2, 0.25) is 5.95 Å². The van der Waals surface area contributed by atoms with Crippen molar-refractivity contribution in [3.8, 4) is 0 Å². The Hall–Kier alpha value is -0.840. The normalized spacial score (nSPS) is 24.0. The third kappa shape index (κ3) is 2.78. The molecule has 0 radical (unpaired) electrons. The summed E-state index contributed by atoms with van der Waals surface area (Å²) >= 11 is 5.48. The summed E-state index contributed by atoms with van der Waals surface area (Å²) in [5.41, 5.74) is 0.458. The van der Waals surface area contributed by atoms with E-state index in [0.29, 0.717) is 11.5 Å². The lowest BCUT2D eigenvalue weighted by molar-refractivity contribution is 0.324. The maximum Gasteiger partial charge on any atom is 0.225 e. The molecule has 5 heteroatoms. The van der Waals surface area contributed by atoms with Crippen molar-refractivity contribution in [1.29, 1.82) is 0 Å². The second-order valence-corrected chi connectivity index (χ2v) is 7.53. The van der Waals surface area contributed by atoms with Gasteiger partial charge in [-0.05, 0) is 49.7 Å². The fourth-order valence-corrected chi connectivity index (χ4v) is 3.91. The average molecular weight is 294 g/mol. The Kier molecular flexibility index (Phi) is 3.89. The number of aromatic nitrogens is 3. The summed E-state index contributed by atoms with van der Waals surface area (Å²) in [6.07, 6.45) is 8.93. The summed E-state index contributed by atoms with van der Waals surface area (Å²) in [7, 11) is 0. The first-order valence-electron chi connectivity index (χ1n) is 7.99. The first kappa shape index (κ1) is 14.1. The average Bonchev–Trinajstić information content (AvgIpc) is 2.99. The molecule has 0 unspecified atom stereocenters. The zero-order valence-corrected chi connectivity index (χ0v) is 13.5. The first-order valence-corrected chi connectivity index (χ1v) is 8.39. The smallest absolute Gasteiger partial charge is 0.225 e. The van der Waals surface area contributed by atoms with Crippen LogP contribution in [0.4, 0.5) is 5.95 Å². The Morgan fingerprint density at radius 1 is 1.15 bits per heavy atom. The first-order chi connectivity index (χ1) is 9.57. The zero-order chi connectivity index (χ0) is 14.2. The summed E-state index contributed by atoms with van der Waals surface area (Å²) in [6, 6.07) is 0.563. The van der Waals surface area contributed by atoms with Crippen LogP contribution in [-0.2, 0) is 0 Å². The van der Waals surface area contributed by atoms with Crippen molar-refractivity contribution in [2.45, 2.75) is 64.8 Å². The molecule has 0 bridgehead atoms. The zero-order valence-electron chi connectivity index (χ0n) is 12.7. The molecule has 112 valence electrons. The van der Waals surface area contributed by atoms with Crippen molar-refractivity contribution in [2.75, 3.05) is 18.0 Å². The molecule has 1 N–H and O–H groups in total. The standard InChI is InChI=1S/C15H26N4S/c1-15(2)8-5-10-18(11-9-15)13-16-17-14(20)19(13)12-6-3-4-7-12/h12H,3-11H2,1-2H3,(H,17,20). The molecule has 1 aliphatic heterocycles. The Bertz CT molecular complexity index is 510. The van der Waals surface area contributed by atoms with Gasteiger partial charge in [-0.3, -0.25) is 4.57 Å². The van der Waals surface area contributed by atoms with E-state index < -0.39 is 0 Å². The minimum absolute atomic E-state index is 0.458. The topological polar surface area (TPSA) is 36.9 Å². The van der Waals surface area contributed by atoms with Gasteiger partial charge in [-0.15, -0.1) is 5.10 Å². The van der Waals surface area contributed by atoms with E-state index in [1.165, 1.54) is 44.9 Å². The highest BCUT2D eigenvalue weighted by molar-refractivity contribution is 7.71. The van der Waals surface area contributed by atoms with Gasteiger partial charge in [0.05, 0.1) is 0 Å². The van der Waals surface area contributed by atoms with E-state index in [1.807, 2.05) is 0 Å². The minimum atomic E-state index is 0.458. The molecule has 2 fully saturated rings. The second-order valence-electron chi connectivity index (χ2n) is 7.14. The van der Waals surface area contributed by atoms with Gasteiger partial charge in [0.1, 0.15) is 0 Å². The largest absolute Gasteiger partial charge is 0.341 e. The van der Waals surface area contributed by atoms with Crippen molar-refractivity contribution >= 4 is 18.2 Å². The molecule has 2 heterocycles. The third-order valence-electron chi connectivity index (χ3n) is 5.00. The fourth-order valence-electron chi connectivity index (χ4n) is 3.63. The van der Waals surface area contributed by atoms with Crippen LogP contribution < -0.4 is 4.90 Å². The number of aromatic amines is 1. The molecule has 4 nitrogen and oxygen atoms in total. The number of hydrogen-bond donors (Lipinski definition) is 1. The summed E-state index contributed by atoms with van der Waals surface area (Å²) < 4.78 is 3.09. The highest BCUT2D eigenvalue weighted by Gasteiger charge is 2.28. The molecular formula is C15H26N4S. The van der Waals surface area contributed by atoms with Crippen LogP contribution in [0, 0.1) is 10.2 Å². The van der Waals surface area contributed by atoms with E-state index >= 15 is 0 Å². The third-order valence-corrected chi connectivity index (χ3v) is 5.29. The van der Waals surface area contributed by atoms with Crippen LogP contribution in [0.15, 0.2) is 0 Å².